The van der Waals surface area contributed by atoms with Crippen LogP contribution in [0.15, 0.2) is 0 Å². The van der Waals surface area contributed by atoms with E-state index in [1.165, 1.54) is 0 Å². The molecule has 0 unspecified atom stereocenters. The summed E-state index contributed by atoms with van der Waals surface area (Å²) in [4.78, 5) is 0. The molecule has 0 atom stereocenters. The lowest BCUT2D eigenvalue weighted by molar-refractivity contribution is 0.801. The molecule has 0 aliphatic carbocycles. The summed E-state index contributed by atoms with van der Waals surface area (Å²) in [6, 6.07) is 0. The molecular formula is C2H8N6S2. The van der Waals surface area contributed by atoms with Gasteiger partial charge in [-0.15, -0.1) is 0 Å². The summed E-state index contributed by atoms with van der Waals surface area (Å²) in [6.07, 6.45) is 0. The molecule has 8 N–H and O–H groups in total. The van der Waals surface area contributed by atoms with Gasteiger partial charge in [0.1, 0.15) is 0 Å². The first-order valence-corrected chi connectivity index (χ1v) is 3.05. The van der Waals surface area contributed by atoms with Crippen LogP contribution in [0.1, 0.15) is 0 Å². The van der Waals surface area contributed by atoms with Gasteiger partial charge in [0.15, 0.2) is 10.2 Å². The van der Waals surface area contributed by atoms with Gasteiger partial charge < -0.3 is 0 Å². The van der Waals surface area contributed by atoms with E-state index in [0.29, 0.717) is 0 Å². The van der Waals surface area contributed by atoms with Gasteiger partial charge in [0.05, 0.1) is 0 Å². The van der Waals surface area contributed by atoms with Crippen LogP contribution in [0.2, 0.25) is 0 Å². The van der Waals surface area contributed by atoms with Crippen molar-refractivity contribution in [3.63, 3.8) is 0 Å². The van der Waals surface area contributed by atoms with Crippen molar-refractivity contribution in [1.82, 2.24) is 21.7 Å². The molecule has 0 rings (SSSR count). The predicted octanol–water partition coefficient (Wildman–Crippen LogP) is -2.42. The zero-order valence-electron chi connectivity index (χ0n) is 4.97. The minimum atomic E-state index is 0.220. The van der Waals surface area contributed by atoms with Crippen LogP contribution < -0.4 is 33.4 Å². The van der Waals surface area contributed by atoms with Crippen molar-refractivity contribution >= 4 is 34.7 Å². The lowest BCUT2D eigenvalue weighted by Gasteiger charge is -2.08. The van der Waals surface area contributed by atoms with Gasteiger partial charge in [-0.2, -0.15) is 0 Å². The highest BCUT2D eigenvalue weighted by atomic mass is 32.1. The lowest BCUT2D eigenvalue weighted by Crippen LogP contribution is -2.53. The van der Waals surface area contributed by atoms with Gasteiger partial charge in [-0.05, 0) is 24.4 Å². The Hall–Kier alpha value is -0.700. The molecule has 10 heavy (non-hydrogen) atoms. The Kier molecular flexibility index (Phi) is 4.76. The summed E-state index contributed by atoms with van der Waals surface area (Å²) < 4.78 is 0. The minimum absolute atomic E-state index is 0.220. The minimum Gasteiger partial charge on any atom is -0.300 e. The third kappa shape index (κ3) is 4.21. The Morgan fingerprint density at radius 3 is 1.40 bits per heavy atom. The molecule has 0 aromatic carbocycles. The van der Waals surface area contributed by atoms with Crippen molar-refractivity contribution in [2.45, 2.75) is 0 Å². The maximum atomic E-state index is 4.91. The smallest absolute Gasteiger partial charge is 0.199 e. The second kappa shape index (κ2) is 5.11. The van der Waals surface area contributed by atoms with Gasteiger partial charge in [-0.3, -0.25) is 21.7 Å². The Balaban J connectivity index is 3.35. The zero-order chi connectivity index (χ0) is 7.98. The Labute approximate surface area is 68.6 Å². The number of hydrogen-bond acceptors (Lipinski definition) is 4. The third-order valence-corrected chi connectivity index (χ3v) is 0.992. The summed E-state index contributed by atoms with van der Waals surface area (Å²) in [7, 11) is 0. The maximum absolute atomic E-state index is 4.91. The number of thiocarbonyl (C=S) groups is 2. The Morgan fingerprint density at radius 1 is 0.900 bits per heavy atom. The second-order valence-electron chi connectivity index (χ2n) is 1.20. The molecule has 0 aromatic rings. The van der Waals surface area contributed by atoms with Crippen LogP contribution in [0.3, 0.4) is 0 Å². The quantitative estimate of drug-likeness (QED) is 0.139. The largest absolute Gasteiger partial charge is 0.300 e. The average molecular weight is 180 g/mol. The summed E-state index contributed by atoms with van der Waals surface area (Å²) in [5.74, 6) is 9.82. The SMILES string of the molecule is NNC(=S)NNC(=S)NN. The van der Waals surface area contributed by atoms with Crippen molar-refractivity contribution < 1.29 is 0 Å². The molecule has 0 spiro atoms. The van der Waals surface area contributed by atoms with E-state index in [-0.39, 0.29) is 10.2 Å². The lowest BCUT2D eigenvalue weighted by atomic mass is 11.1. The highest BCUT2D eigenvalue weighted by Crippen LogP contribution is 1.58. The van der Waals surface area contributed by atoms with Crippen molar-refractivity contribution in [1.29, 1.82) is 0 Å². The number of nitrogens with two attached hydrogens (primary N) is 2. The second-order valence-corrected chi connectivity index (χ2v) is 2.01. The van der Waals surface area contributed by atoms with E-state index in [9.17, 15) is 0 Å². The molecular weight excluding hydrogens is 172 g/mol. The molecule has 0 saturated heterocycles. The van der Waals surface area contributed by atoms with Crippen molar-refractivity contribution in [3.05, 3.63) is 0 Å². The summed E-state index contributed by atoms with van der Waals surface area (Å²) in [6.45, 7) is 0. The van der Waals surface area contributed by atoms with E-state index in [0.717, 1.165) is 0 Å². The molecule has 0 radical (unpaired) electrons. The van der Waals surface area contributed by atoms with Crippen LogP contribution in [0.4, 0.5) is 0 Å². The van der Waals surface area contributed by atoms with Crippen LogP contribution in [-0.4, -0.2) is 10.2 Å². The van der Waals surface area contributed by atoms with E-state index in [1.807, 2.05) is 0 Å². The normalized spacial score (nSPS) is 7.80. The van der Waals surface area contributed by atoms with E-state index in [1.54, 1.807) is 0 Å². The van der Waals surface area contributed by atoms with Crippen LogP contribution in [0.25, 0.3) is 0 Å². The van der Waals surface area contributed by atoms with E-state index in [4.69, 9.17) is 11.7 Å². The molecule has 58 valence electrons. The highest BCUT2D eigenvalue weighted by Gasteiger charge is 1.90. The molecule has 8 heteroatoms. The van der Waals surface area contributed by atoms with E-state index >= 15 is 0 Å². The van der Waals surface area contributed by atoms with Crippen LogP contribution in [0.5, 0.6) is 0 Å². The summed E-state index contributed by atoms with van der Waals surface area (Å²) >= 11 is 9.17. The van der Waals surface area contributed by atoms with Gasteiger partial charge >= 0.3 is 0 Å². The molecule has 0 fully saturated rings. The Morgan fingerprint density at radius 2 is 1.20 bits per heavy atom. The Bertz CT molecular complexity index is 118. The van der Waals surface area contributed by atoms with Crippen LogP contribution >= 0.6 is 24.4 Å². The number of hydrazine groups is 3. The first-order valence-electron chi connectivity index (χ1n) is 2.24. The van der Waals surface area contributed by atoms with E-state index < -0.39 is 0 Å². The van der Waals surface area contributed by atoms with Crippen molar-refractivity contribution in [3.8, 4) is 0 Å². The number of nitrogens with one attached hydrogen (secondary N) is 4. The first-order chi connectivity index (χ1) is 4.70. The van der Waals surface area contributed by atoms with Crippen LogP contribution in [-0.2, 0) is 0 Å². The monoisotopic (exact) mass is 180 g/mol. The van der Waals surface area contributed by atoms with Gasteiger partial charge in [-0.1, -0.05) is 0 Å². The molecule has 0 aliphatic rings. The van der Waals surface area contributed by atoms with E-state index in [2.05, 4.69) is 46.1 Å². The van der Waals surface area contributed by atoms with Gasteiger partial charge in [-0.25, -0.2) is 11.7 Å². The fourth-order valence-electron chi connectivity index (χ4n) is 0.186. The van der Waals surface area contributed by atoms with Crippen molar-refractivity contribution in [2.75, 3.05) is 0 Å². The molecule has 0 bridgehead atoms. The molecule has 6 nitrogen and oxygen atoms in total. The van der Waals surface area contributed by atoms with Gasteiger partial charge in [0.2, 0.25) is 0 Å². The zero-order valence-corrected chi connectivity index (χ0v) is 6.60. The number of rotatable bonds is 0. The maximum Gasteiger partial charge on any atom is 0.199 e. The molecule has 0 aliphatic heterocycles. The van der Waals surface area contributed by atoms with Crippen LogP contribution in [0, 0.1) is 0 Å². The molecule has 0 heterocycles. The average Bonchev–Trinajstić information content (AvgIpc) is 1.99. The standard InChI is InChI=1S/C2H8N6S2/c3-5-1(9)7-8-2(10)6-4/h3-4H2,(H2,5,7,9)(H2,6,8,10). The molecule has 0 amide bonds. The van der Waals surface area contributed by atoms with Crippen molar-refractivity contribution in [2.24, 2.45) is 11.7 Å². The molecule has 0 aromatic heterocycles. The fraction of sp³-hybridized carbons (Fsp3) is 0. The topological polar surface area (TPSA) is 100 Å². The van der Waals surface area contributed by atoms with Gasteiger partial charge in [0, 0.05) is 0 Å². The van der Waals surface area contributed by atoms with Gasteiger partial charge in [0.25, 0.3) is 0 Å². The predicted molar refractivity (Wildman–Crippen MR) is 46.1 cm³/mol. The summed E-state index contributed by atoms with van der Waals surface area (Å²) in [5.41, 5.74) is 9.24. The number of hydrogen-bond donors (Lipinski definition) is 6. The summed E-state index contributed by atoms with van der Waals surface area (Å²) in [5, 5.41) is 0.440. The third-order valence-electron chi connectivity index (χ3n) is 0.552. The first kappa shape index (κ1) is 9.30. The molecule has 0 saturated carbocycles. The fourth-order valence-corrected chi connectivity index (χ4v) is 0.288. The highest BCUT2D eigenvalue weighted by molar-refractivity contribution is 7.80.